The first-order chi connectivity index (χ1) is 8.89. The number of hydrogen-bond acceptors (Lipinski definition) is 4. The second-order valence-corrected chi connectivity index (χ2v) is 4.07. The van der Waals surface area contributed by atoms with Gasteiger partial charge in [-0.1, -0.05) is 6.07 Å². The Balaban J connectivity index is 2.14. The van der Waals surface area contributed by atoms with Crippen molar-refractivity contribution in [2.24, 2.45) is 5.92 Å². The first-order valence-corrected chi connectivity index (χ1v) is 5.48. The predicted octanol–water partition coefficient (Wildman–Crippen LogP) is 2.39. The van der Waals surface area contributed by atoms with E-state index in [4.69, 9.17) is 10.1 Å². The quantitative estimate of drug-likeness (QED) is 0.659. The standard InChI is InChI=1S/C11H11F4N3O/c12-6-5-19-10(8(6)9(16)11(13,14)15)18-7-3-1-2-4-17-7/h1-4,6,8,10,16H,5H2,(H,17,18). The summed E-state index contributed by atoms with van der Waals surface area (Å²) in [5.74, 6) is -1.43. The van der Waals surface area contributed by atoms with E-state index in [0.29, 0.717) is 0 Å². The fourth-order valence-electron chi connectivity index (χ4n) is 1.84. The summed E-state index contributed by atoms with van der Waals surface area (Å²) in [7, 11) is 0. The normalized spacial score (nSPS) is 27.3. The van der Waals surface area contributed by atoms with Crippen LogP contribution in [0, 0.1) is 11.3 Å². The summed E-state index contributed by atoms with van der Waals surface area (Å²) >= 11 is 0. The molecular weight excluding hydrogens is 266 g/mol. The van der Waals surface area contributed by atoms with Gasteiger partial charge in [-0.25, -0.2) is 9.37 Å². The predicted molar refractivity (Wildman–Crippen MR) is 59.8 cm³/mol. The molecule has 8 heteroatoms. The van der Waals surface area contributed by atoms with Crippen LogP contribution in [0.4, 0.5) is 23.4 Å². The van der Waals surface area contributed by atoms with Gasteiger partial charge in [-0.15, -0.1) is 0 Å². The average Bonchev–Trinajstić information content (AvgIpc) is 2.70. The fourth-order valence-corrected chi connectivity index (χ4v) is 1.84. The molecule has 19 heavy (non-hydrogen) atoms. The maximum absolute atomic E-state index is 13.5. The molecular formula is C11H11F4N3O. The third kappa shape index (κ3) is 3.01. The summed E-state index contributed by atoms with van der Waals surface area (Å²) in [4.78, 5) is 3.86. The van der Waals surface area contributed by atoms with E-state index in [2.05, 4.69) is 10.3 Å². The fraction of sp³-hybridized carbons (Fsp3) is 0.455. The molecule has 104 valence electrons. The zero-order chi connectivity index (χ0) is 14.0. The van der Waals surface area contributed by atoms with Crippen LogP contribution in [-0.2, 0) is 4.74 Å². The van der Waals surface area contributed by atoms with E-state index in [1.165, 1.54) is 12.3 Å². The minimum absolute atomic E-state index is 0.265. The van der Waals surface area contributed by atoms with Gasteiger partial charge in [-0.05, 0) is 12.1 Å². The van der Waals surface area contributed by atoms with E-state index < -0.39 is 36.8 Å². The lowest BCUT2D eigenvalue weighted by molar-refractivity contribution is -0.0660. The van der Waals surface area contributed by atoms with E-state index in [9.17, 15) is 17.6 Å². The number of nitrogens with zero attached hydrogens (tertiary/aromatic N) is 1. The molecule has 1 aliphatic heterocycles. The van der Waals surface area contributed by atoms with Gasteiger partial charge in [-0.3, -0.25) is 0 Å². The molecule has 0 spiro atoms. The number of rotatable bonds is 3. The number of halogens is 4. The molecule has 0 aromatic carbocycles. The van der Waals surface area contributed by atoms with Gasteiger partial charge in [-0.2, -0.15) is 13.2 Å². The van der Waals surface area contributed by atoms with E-state index in [1.807, 2.05) is 0 Å². The van der Waals surface area contributed by atoms with Crippen LogP contribution in [0.1, 0.15) is 0 Å². The molecule has 4 nitrogen and oxygen atoms in total. The third-order valence-corrected chi connectivity index (χ3v) is 2.74. The molecule has 0 aliphatic carbocycles. The number of hydrogen-bond donors (Lipinski definition) is 2. The maximum atomic E-state index is 13.5. The summed E-state index contributed by atoms with van der Waals surface area (Å²) < 4.78 is 55.9. The second-order valence-electron chi connectivity index (χ2n) is 4.07. The lowest BCUT2D eigenvalue weighted by atomic mass is 9.97. The number of pyridine rings is 1. The molecule has 3 unspecified atom stereocenters. The van der Waals surface area contributed by atoms with Crippen molar-refractivity contribution < 1.29 is 22.3 Å². The zero-order valence-electron chi connectivity index (χ0n) is 9.62. The van der Waals surface area contributed by atoms with Gasteiger partial charge in [0, 0.05) is 6.20 Å². The highest BCUT2D eigenvalue weighted by Gasteiger charge is 2.50. The number of aromatic nitrogens is 1. The molecule has 1 aromatic heterocycles. The minimum atomic E-state index is -4.87. The van der Waals surface area contributed by atoms with E-state index in [1.54, 1.807) is 12.1 Å². The Bertz CT molecular complexity index is 451. The Kier molecular flexibility index (Phi) is 3.70. The summed E-state index contributed by atoms with van der Waals surface area (Å²) in [5, 5.41) is 9.62. The highest BCUT2D eigenvalue weighted by molar-refractivity contribution is 5.90. The van der Waals surface area contributed by atoms with Gasteiger partial charge in [0.1, 0.15) is 23.9 Å². The molecule has 2 heterocycles. The van der Waals surface area contributed by atoms with Gasteiger partial charge in [0.05, 0.1) is 12.5 Å². The Morgan fingerprint density at radius 1 is 1.42 bits per heavy atom. The van der Waals surface area contributed by atoms with Crippen molar-refractivity contribution in [3.05, 3.63) is 24.4 Å². The van der Waals surface area contributed by atoms with Crippen LogP contribution >= 0.6 is 0 Å². The molecule has 3 atom stereocenters. The van der Waals surface area contributed by atoms with Crippen molar-refractivity contribution in [1.82, 2.24) is 4.98 Å². The second kappa shape index (κ2) is 5.12. The highest BCUT2D eigenvalue weighted by Crippen LogP contribution is 2.32. The molecule has 1 aliphatic rings. The first-order valence-electron chi connectivity index (χ1n) is 5.48. The van der Waals surface area contributed by atoms with Crippen molar-refractivity contribution in [2.45, 2.75) is 18.6 Å². The maximum Gasteiger partial charge on any atom is 0.429 e. The summed E-state index contributed by atoms with van der Waals surface area (Å²) in [6.07, 6.45) is -6.55. The molecule has 2 N–H and O–H groups in total. The number of nitrogens with one attached hydrogen (secondary N) is 2. The van der Waals surface area contributed by atoms with Crippen LogP contribution in [0.2, 0.25) is 0 Å². The first kappa shape index (κ1) is 13.7. The average molecular weight is 277 g/mol. The molecule has 0 radical (unpaired) electrons. The summed E-state index contributed by atoms with van der Waals surface area (Å²) in [5.41, 5.74) is -1.63. The van der Waals surface area contributed by atoms with E-state index in [-0.39, 0.29) is 5.82 Å². The third-order valence-electron chi connectivity index (χ3n) is 2.74. The Hall–Kier alpha value is -1.70. The highest BCUT2D eigenvalue weighted by atomic mass is 19.4. The van der Waals surface area contributed by atoms with Crippen molar-refractivity contribution in [3.8, 4) is 0 Å². The molecule has 0 bridgehead atoms. The van der Waals surface area contributed by atoms with Gasteiger partial charge >= 0.3 is 6.18 Å². The van der Waals surface area contributed by atoms with Gasteiger partial charge < -0.3 is 15.5 Å². The largest absolute Gasteiger partial charge is 0.429 e. The molecule has 1 saturated heterocycles. The van der Waals surface area contributed by atoms with Gasteiger partial charge in [0.15, 0.2) is 0 Å². The van der Waals surface area contributed by atoms with Crippen molar-refractivity contribution in [3.63, 3.8) is 0 Å². The SMILES string of the molecule is N=C(C1C(F)COC1Nc1ccccn1)C(F)(F)F. The topological polar surface area (TPSA) is 58.0 Å². The van der Waals surface area contributed by atoms with Crippen LogP contribution in [-0.4, -0.2) is 35.9 Å². The van der Waals surface area contributed by atoms with Crippen LogP contribution in [0.3, 0.4) is 0 Å². The molecule has 2 rings (SSSR count). The van der Waals surface area contributed by atoms with Gasteiger partial charge in [0.2, 0.25) is 0 Å². The number of anilines is 1. The lowest BCUT2D eigenvalue weighted by Gasteiger charge is -2.22. The molecule has 0 amide bonds. The Labute approximate surface area is 106 Å². The van der Waals surface area contributed by atoms with Crippen LogP contribution in [0.25, 0.3) is 0 Å². The minimum Gasteiger partial charge on any atom is -0.355 e. The molecule has 1 aromatic rings. The van der Waals surface area contributed by atoms with Crippen molar-refractivity contribution in [1.29, 1.82) is 5.41 Å². The van der Waals surface area contributed by atoms with Gasteiger partial charge in [0.25, 0.3) is 0 Å². The van der Waals surface area contributed by atoms with Crippen molar-refractivity contribution >= 4 is 11.5 Å². The van der Waals surface area contributed by atoms with Crippen molar-refractivity contribution in [2.75, 3.05) is 11.9 Å². The van der Waals surface area contributed by atoms with Crippen LogP contribution in [0.15, 0.2) is 24.4 Å². The lowest BCUT2D eigenvalue weighted by Crippen LogP contribution is -2.41. The smallest absolute Gasteiger partial charge is 0.355 e. The zero-order valence-corrected chi connectivity index (χ0v) is 9.62. The monoisotopic (exact) mass is 277 g/mol. The molecule has 1 fully saturated rings. The van der Waals surface area contributed by atoms with E-state index >= 15 is 0 Å². The van der Waals surface area contributed by atoms with Crippen LogP contribution in [0.5, 0.6) is 0 Å². The number of alkyl halides is 4. The summed E-state index contributed by atoms with van der Waals surface area (Å²) in [6.45, 7) is -0.479. The molecule has 0 saturated carbocycles. The number of ether oxygens (including phenoxy) is 1. The van der Waals surface area contributed by atoms with Crippen LogP contribution < -0.4 is 5.32 Å². The summed E-state index contributed by atoms with van der Waals surface area (Å²) in [6, 6.07) is 4.78. The van der Waals surface area contributed by atoms with E-state index in [0.717, 1.165) is 0 Å². The Morgan fingerprint density at radius 3 is 2.74 bits per heavy atom. The Morgan fingerprint density at radius 2 is 2.16 bits per heavy atom.